The zero-order chi connectivity index (χ0) is 17.5. The van der Waals surface area contributed by atoms with E-state index in [2.05, 4.69) is 27.9 Å². The lowest BCUT2D eigenvalue weighted by Gasteiger charge is -2.16. The van der Waals surface area contributed by atoms with Gasteiger partial charge in [0.25, 0.3) is 0 Å². The van der Waals surface area contributed by atoms with Gasteiger partial charge in [-0.2, -0.15) is 0 Å². The Morgan fingerprint density at radius 3 is 2.62 bits per heavy atom. The van der Waals surface area contributed by atoms with Crippen LogP contribution in [0.3, 0.4) is 0 Å². The number of carboxylic acid groups (broad SMARTS) is 1. The van der Waals surface area contributed by atoms with Gasteiger partial charge in [-0.1, -0.05) is 24.3 Å². The minimum Gasteiger partial charge on any atom is -0.497 e. The molecule has 0 saturated carbocycles. The van der Waals surface area contributed by atoms with Gasteiger partial charge in [0, 0.05) is 3.57 Å². The Hall–Kier alpha value is -2.09. The third-order valence-corrected chi connectivity index (χ3v) is 4.48. The van der Waals surface area contributed by atoms with Gasteiger partial charge >= 0.3 is 5.97 Å². The van der Waals surface area contributed by atoms with Gasteiger partial charge in [0.1, 0.15) is 5.75 Å². The molecule has 0 aliphatic rings. The summed E-state index contributed by atoms with van der Waals surface area (Å²) in [4.78, 5) is 23.7. The van der Waals surface area contributed by atoms with E-state index in [1.807, 2.05) is 42.5 Å². The van der Waals surface area contributed by atoms with Gasteiger partial charge in [0.05, 0.1) is 25.1 Å². The Kier molecular flexibility index (Phi) is 6.60. The molecule has 2 rings (SSSR count). The van der Waals surface area contributed by atoms with E-state index in [-0.39, 0.29) is 12.3 Å². The number of hydrogen-bond acceptors (Lipinski definition) is 3. The second-order valence-corrected chi connectivity index (χ2v) is 6.48. The van der Waals surface area contributed by atoms with Crippen LogP contribution in [0.4, 0.5) is 5.69 Å². The van der Waals surface area contributed by atoms with Crippen molar-refractivity contribution >= 4 is 40.2 Å². The molecular weight excluding hydrogens is 421 g/mol. The summed E-state index contributed by atoms with van der Waals surface area (Å²) in [6.45, 7) is 0. The first kappa shape index (κ1) is 18.3. The van der Waals surface area contributed by atoms with Crippen LogP contribution in [0.1, 0.15) is 12.0 Å². The van der Waals surface area contributed by atoms with Crippen molar-refractivity contribution in [3.63, 3.8) is 0 Å². The number of nitrogens with one attached hydrogen (secondary N) is 1. The van der Waals surface area contributed by atoms with Crippen molar-refractivity contribution in [1.29, 1.82) is 0 Å². The molecule has 1 atom stereocenters. The van der Waals surface area contributed by atoms with Crippen LogP contribution in [0.2, 0.25) is 0 Å². The van der Waals surface area contributed by atoms with Gasteiger partial charge in [0.15, 0.2) is 0 Å². The van der Waals surface area contributed by atoms with E-state index in [0.29, 0.717) is 17.9 Å². The summed E-state index contributed by atoms with van der Waals surface area (Å²) in [5.74, 6) is -1.28. The summed E-state index contributed by atoms with van der Waals surface area (Å²) < 4.78 is 6.07. The lowest BCUT2D eigenvalue weighted by Crippen LogP contribution is -2.27. The van der Waals surface area contributed by atoms with Crippen LogP contribution in [0.25, 0.3) is 0 Å². The minimum absolute atomic E-state index is 0.230. The number of carbonyl (C=O) groups is 2. The van der Waals surface area contributed by atoms with Crippen LogP contribution in [-0.4, -0.2) is 24.1 Å². The summed E-state index contributed by atoms with van der Waals surface area (Å²) in [7, 11) is 1.57. The molecule has 2 aromatic carbocycles. The first-order valence-electron chi connectivity index (χ1n) is 7.39. The Morgan fingerprint density at radius 1 is 1.21 bits per heavy atom. The second kappa shape index (κ2) is 8.68. The van der Waals surface area contributed by atoms with Crippen LogP contribution in [-0.2, 0) is 16.0 Å². The lowest BCUT2D eigenvalue weighted by molar-refractivity contribution is -0.140. The van der Waals surface area contributed by atoms with Gasteiger partial charge in [-0.3, -0.25) is 9.59 Å². The molecule has 2 aromatic rings. The molecule has 0 aliphatic carbocycles. The first-order chi connectivity index (χ1) is 11.5. The number of aliphatic carboxylic acids is 1. The van der Waals surface area contributed by atoms with E-state index in [1.165, 1.54) is 0 Å². The Labute approximate surface area is 154 Å². The predicted molar refractivity (Wildman–Crippen MR) is 100 cm³/mol. The Morgan fingerprint density at radius 2 is 1.96 bits per heavy atom. The molecule has 0 saturated heterocycles. The number of carbonyl (C=O) groups excluding carboxylic acids is 1. The highest BCUT2D eigenvalue weighted by Crippen LogP contribution is 2.22. The number of halogens is 1. The van der Waals surface area contributed by atoms with Crippen molar-refractivity contribution < 1.29 is 19.4 Å². The minimum atomic E-state index is -0.999. The van der Waals surface area contributed by atoms with Crippen LogP contribution in [0, 0.1) is 9.49 Å². The van der Waals surface area contributed by atoms with Crippen molar-refractivity contribution in [3.05, 3.63) is 57.7 Å². The monoisotopic (exact) mass is 439 g/mol. The van der Waals surface area contributed by atoms with Crippen LogP contribution in [0.15, 0.2) is 48.5 Å². The molecule has 2 N–H and O–H groups in total. The van der Waals surface area contributed by atoms with E-state index in [9.17, 15) is 9.59 Å². The molecule has 0 aromatic heterocycles. The topological polar surface area (TPSA) is 75.6 Å². The number of benzene rings is 2. The van der Waals surface area contributed by atoms with Gasteiger partial charge in [-0.05, 0) is 58.8 Å². The van der Waals surface area contributed by atoms with Crippen molar-refractivity contribution in [3.8, 4) is 5.75 Å². The maximum absolute atomic E-state index is 12.6. The largest absolute Gasteiger partial charge is 0.497 e. The summed E-state index contributed by atoms with van der Waals surface area (Å²) in [6.07, 6.45) is 0.102. The molecule has 0 fully saturated rings. The van der Waals surface area contributed by atoms with Gasteiger partial charge in [-0.25, -0.2) is 0 Å². The second-order valence-electron chi connectivity index (χ2n) is 5.32. The lowest BCUT2D eigenvalue weighted by atomic mass is 9.95. The van der Waals surface area contributed by atoms with E-state index in [0.717, 1.165) is 9.13 Å². The molecule has 0 spiro atoms. The average Bonchev–Trinajstić information content (AvgIpc) is 2.56. The van der Waals surface area contributed by atoms with Gasteiger partial charge < -0.3 is 15.2 Å². The van der Waals surface area contributed by atoms with E-state index >= 15 is 0 Å². The highest BCUT2D eigenvalue weighted by Gasteiger charge is 2.23. The summed E-state index contributed by atoms with van der Waals surface area (Å²) >= 11 is 2.13. The maximum atomic E-state index is 12.6. The van der Waals surface area contributed by atoms with Crippen molar-refractivity contribution in [1.82, 2.24) is 0 Å². The Bertz CT molecular complexity index is 732. The normalized spacial score (nSPS) is 11.6. The molecule has 5 nitrogen and oxygen atoms in total. The summed E-state index contributed by atoms with van der Waals surface area (Å²) in [5.41, 5.74) is 1.54. The molecule has 24 heavy (non-hydrogen) atoms. The molecule has 0 aliphatic heterocycles. The van der Waals surface area contributed by atoms with Gasteiger partial charge in [0.2, 0.25) is 5.91 Å². The average molecular weight is 439 g/mol. The zero-order valence-corrected chi connectivity index (χ0v) is 15.3. The molecule has 0 radical (unpaired) electrons. The third-order valence-electron chi connectivity index (χ3n) is 3.54. The molecule has 0 bridgehead atoms. The molecule has 0 heterocycles. The number of methoxy groups -OCH3 is 1. The number of amides is 1. The van der Waals surface area contributed by atoms with E-state index in [1.54, 1.807) is 13.2 Å². The number of hydrogen-bond donors (Lipinski definition) is 2. The number of anilines is 1. The standard InChI is InChI=1S/C18H18INO4/c1-24-14-6-4-5-12(10-14)9-13(11-17(21)22)18(23)20-16-8-3-2-7-15(16)19/h2-8,10,13H,9,11H2,1H3,(H,20,23)(H,21,22). The maximum Gasteiger partial charge on any atom is 0.304 e. The van der Waals surface area contributed by atoms with E-state index in [4.69, 9.17) is 9.84 Å². The van der Waals surface area contributed by atoms with Crippen LogP contribution >= 0.6 is 22.6 Å². The highest BCUT2D eigenvalue weighted by molar-refractivity contribution is 14.1. The molecule has 1 amide bonds. The summed E-state index contributed by atoms with van der Waals surface area (Å²) in [5, 5.41) is 11.9. The van der Waals surface area contributed by atoms with Crippen molar-refractivity contribution in [2.24, 2.45) is 5.92 Å². The van der Waals surface area contributed by atoms with Crippen molar-refractivity contribution in [2.75, 3.05) is 12.4 Å². The smallest absolute Gasteiger partial charge is 0.304 e. The Balaban J connectivity index is 2.16. The zero-order valence-electron chi connectivity index (χ0n) is 13.2. The number of para-hydroxylation sites is 1. The van der Waals surface area contributed by atoms with E-state index < -0.39 is 11.9 Å². The number of ether oxygens (including phenoxy) is 1. The highest BCUT2D eigenvalue weighted by atomic mass is 127. The quantitative estimate of drug-likeness (QED) is 0.647. The molecule has 126 valence electrons. The number of rotatable bonds is 7. The van der Waals surface area contributed by atoms with Crippen LogP contribution < -0.4 is 10.1 Å². The summed E-state index contributed by atoms with van der Waals surface area (Å²) in [6, 6.07) is 14.7. The SMILES string of the molecule is COc1cccc(CC(CC(=O)O)C(=O)Nc2ccccc2I)c1. The molecule has 1 unspecified atom stereocenters. The fourth-order valence-electron chi connectivity index (χ4n) is 2.35. The molecule has 6 heteroatoms. The predicted octanol–water partition coefficient (Wildman–Crippen LogP) is 3.57. The number of carboxylic acids is 1. The fraction of sp³-hybridized carbons (Fsp3) is 0.222. The van der Waals surface area contributed by atoms with Crippen LogP contribution in [0.5, 0.6) is 5.75 Å². The van der Waals surface area contributed by atoms with Crippen molar-refractivity contribution in [2.45, 2.75) is 12.8 Å². The molecular formula is C18H18INO4. The third kappa shape index (κ3) is 5.23. The van der Waals surface area contributed by atoms with Gasteiger partial charge in [-0.15, -0.1) is 0 Å². The fourth-order valence-corrected chi connectivity index (χ4v) is 2.87. The first-order valence-corrected chi connectivity index (χ1v) is 8.47.